The molecule has 0 heterocycles. The Morgan fingerprint density at radius 3 is 2.71 bits per heavy atom. The summed E-state index contributed by atoms with van der Waals surface area (Å²) in [4.78, 5) is 0. The molecule has 1 aliphatic carbocycles. The quantitative estimate of drug-likeness (QED) is 0.831. The van der Waals surface area contributed by atoms with Crippen molar-refractivity contribution in [1.82, 2.24) is 5.32 Å². The number of halogens is 2. The van der Waals surface area contributed by atoms with Crippen LogP contribution in [0.4, 0.5) is 8.78 Å². The predicted molar refractivity (Wildman–Crippen MR) is 64.9 cm³/mol. The zero-order valence-corrected chi connectivity index (χ0v) is 10.2. The second-order valence-electron chi connectivity index (χ2n) is 4.77. The molecule has 3 heteroatoms. The molecule has 1 aromatic carbocycles. The molecule has 0 saturated heterocycles. The van der Waals surface area contributed by atoms with Crippen molar-refractivity contribution < 1.29 is 8.78 Å². The van der Waals surface area contributed by atoms with Gasteiger partial charge in [0.2, 0.25) is 0 Å². The van der Waals surface area contributed by atoms with E-state index in [1.165, 1.54) is 25.3 Å². The fourth-order valence-corrected chi connectivity index (χ4v) is 2.45. The van der Waals surface area contributed by atoms with Crippen LogP contribution in [0, 0.1) is 17.6 Å². The summed E-state index contributed by atoms with van der Waals surface area (Å²) in [7, 11) is 0. The standard InChI is InChI=1S/C14H19F2N/c1-2-17-13(10-5-3-6-10)9-11-7-4-8-12(15)14(11)16/h4,7-8,10,13,17H,2-3,5-6,9H2,1H3. The average molecular weight is 239 g/mol. The Morgan fingerprint density at radius 2 is 2.12 bits per heavy atom. The molecule has 0 radical (unpaired) electrons. The van der Waals surface area contributed by atoms with Crippen LogP contribution in [0.15, 0.2) is 18.2 Å². The van der Waals surface area contributed by atoms with E-state index in [1.54, 1.807) is 12.1 Å². The molecule has 17 heavy (non-hydrogen) atoms. The molecule has 1 aromatic rings. The molecule has 0 amide bonds. The van der Waals surface area contributed by atoms with Gasteiger partial charge in [0.15, 0.2) is 11.6 Å². The summed E-state index contributed by atoms with van der Waals surface area (Å²) >= 11 is 0. The monoisotopic (exact) mass is 239 g/mol. The number of nitrogens with one attached hydrogen (secondary N) is 1. The van der Waals surface area contributed by atoms with Gasteiger partial charge < -0.3 is 5.32 Å². The van der Waals surface area contributed by atoms with Crippen LogP contribution in [0.2, 0.25) is 0 Å². The van der Waals surface area contributed by atoms with Crippen molar-refractivity contribution in [3.8, 4) is 0 Å². The van der Waals surface area contributed by atoms with Crippen molar-refractivity contribution in [2.75, 3.05) is 6.54 Å². The summed E-state index contributed by atoms with van der Waals surface area (Å²) in [6.45, 7) is 2.92. The first-order valence-electron chi connectivity index (χ1n) is 6.38. The molecule has 0 bridgehead atoms. The highest BCUT2D eigenvalue weighted by Gasteiger charge is 2.27. The van der Waals surface area contributed by atoms with Crippen LogP contribution in [-0.4, -0.2) is 12.6 Å². The number of rotatable bonds is 5. The van der Waals surface area contributed by atoms with Crippen molar-refractivity contribution in [3.63, 3.8) is 0 Å². The SMILES string of the molecule is CCNC(Cc1cccc(F)c1F)C1CCC1. The van der Waals surface area contributed by atoms with Crippen LogP contribution in [0.3, 0.4) is 0 Å². The van der Waals surface area contributed by atoms with Crippen LogP contribution >= 0.6 is 0 Å². The minimum atomic E-state index is -0.744. The summed E-state index contributed by atoms with van der Waals surface area (Å²) in [5, 5.41) is 3.39. The maximum absolute atomic E-state index is 13.6. The topological polar surface area (TPSA) is 12.0 Å². The van der Waals surface area contributed by atoms with Crippen LogP contribution < -0.4 is 5.32 Å². The highest BCUT2D eigenvalue weighted by atomic mass is 19.2. The summed E-state index contributed by atoms with van der Waals surface area (Å²) in [5.41, 5.74) is 0.489. The fraction of sp³-hybridized carbons (Fsp3) is 0.571. The molecule has 1 atom stereocenters. The molecule has 0 aliphatic heterocycles. The second kappa shape index (κ2) is 5.58. The van der Waals surface area contributed by atoms with E-state index < -0.39 is 11.6 Å². The zero-order chi connectivity index (χ0) is 12.3. The molecule has 1 fully saturated rings. The van der Waals surface area contributed by atoms with Gasteiger partial charge in [0.25, 0.3) is 0 Å². The van der Waals surface area contributed by atoms with Gasteiger partial charge in [-0.2, -0.15) is 0 Å². The summed E-state index contributed by atoms with van der Waals surface area (Å²) < 4.78 is 26.7. The smallest absolute Gasteiger partial charge is 0.162 e. The van der Waals surface area contributed by atoms with Gasteiger partial charge in [-0.1, -0.05) is 25.5 Å². The van der Waals surface area contributed by atoms with Crippen molar-refractivity contribution in [2.24, 2.45) is 5.92 Å². The Morgan fingerprint density at radius 1 is 1.35 bits per heavy atom. The molecular formula is C14H19F2N. The van der Waals surface area contributed by atoms with Gasteiger partial charge in [0.1, 0.15) is 0 Å². The van der Waals surface area contributed by atoms with Crippen LogP contribution in [0.25, 0.3) is 0 Å². The Kier molecular flexibility index (Phi) is 4.11. The maximum Gasteiger partial charge on any atom is 0.162 e. The Hall–Kier alpha value is -0.960. The van der Waals surface area contributed by atoms with Crippen molar-refractivity contribution in [3.05, 3.63) is 35.4 Å². The number of likely N-dealkylation sites (N-methyl/N-ethyl adjacent to an activating group) is 1. The van der Waals surface area contributed by atoms with Gasteiger partial charge in [-0.3, -0.25) is 0 Å². The highest BCUT2D eigenvalue weighted by molar-refractivity contribution is 5.20. The lowest BCUT2D eigenvalue weighted by Crippen LogP contribution is -2.41. The third-order valence-corrected chi connectivity index (χ3v) is 3.66. The van der Waals surface area contributed by atoms with Crippen LogP contribution in [0.1, 0.15) is 31.7 Å². The maximum atomic E-state index is 13.6. The van der Waals surface area contributed by atoms with E-state index in [0.29, 0.717) is 17.9 Å². The van der Waals surface area contributed by atoms with Crippen LogP contribution in [-0.2, 0) is 6.42 Å². The van der Waals surface area contributed by atoms with Crippen molar-refractivity contribution in [1.29, 1.82) is 0 Å². The first kappa shape index (κ1) is 12.5. The Labute approximate surface area is 101 Å². The third-order valence-electron chi connectivity index (χ3n) is 3.66. The van der Waals surface area contributed by atoms with Gasteiger partial charge in [-0.05, 0) is 43.4 Å². The average Bonchev–Trinajstić information content (AvgIpc) is 2.22. The Balaban J connectivity index is 2.08. The van der Waals surface area contributed by atoms with Gasteiger partial charge in [-0.15, -0.1) is 0 Å². The summed E-state index contributed by atoms with van der Waals surface area (Å²) in [5.74, 6) is -0.807. The third kappa shape index (κ3) is 2.83. The van der Waals surface area contributed by atoms with E-state index in [1.807, 2.05) is 6.92 Å². The van der Waals surface area contributed by atoms with Gasteiger partial charge in [-0.25, -0.2) is 8.78 Å². The van der Waals surface area contributed by atoms with Crippen molar-refractivity contribution in [2.45, 2.75) is 38.6 Å². The minimum absolute atomic E-state index is 0.282. The lowest BCUT2D eigenvalue weighted by Gasteiger charge is -2.34. The summed E-state index contributed by atoms with van der Waals surface area (Å²) in [6.07, 6.45) is 4.25. The van der Waals surface area contributed by atoms with E-state index in [2.05, 4.69) is 5.32 Å². The summed E-state index contributed by atoms with van der Waals surface area (Å²) in [6, 6.07) is 4.72. The van der Waals surface area contributed by atoms with Gasteiger partial charge in [0, 0.05) is 6.04 Å². The fourth-order valence-electron chi connectivity index (χ4n) is 2.45. The van der Waals surface area contributed by atoms with Gasteiger partial charge in [0.05, 0.1) is 0 Å². The van der Waals surface area contributed by atoms with Crippen molar-refractivity contribution >= 4 is 0 Å². The Bertz CT molecular complexity index is 374. The van der Waals surface area contributed by atoms with E-state index in [9.17, 15) is 8.78 Å². The van der Waals surface area contributed by atoms with E-state index in [4.69, 9.17) is 0 Å². The highest BCUT2D eigenvalue weighted by Crippen LogP contribution is 2.31. The largest absolute Gasteiger partial charge is 0.314 e. The van der Waals surface area contributed by atoms with E-state index >= 15 is 0 Å². The van der Waals surface area contributed by atoms with Gasteiger partial charge >= 0.3 is 0 Å². The molecule has 94 valence electrons. The lowest BCUT2D eigenvalue weighted by atomic mass is 9.77. The first-order valence-corrected chi connectivity index (χ1v) is 6.38. The number of benzene rings is 1. The van der Waals surface area contributed by atoms with E-state index in [-0.39, 0.29) is 6.04 Å². The molecule has 0 aromatic heterocycles. The number of hydrogen-bond donors (Lipinski definition) is 1. The molecule has 1 N–H and O–H groups in total. The van der Waals surface area contributed by atoms with Crippen LogP contribution in [0.5, 0.6) is 0 Å². The lowest BCUT2D eigenvalue weighted by molar-refractivity contribution is 0.228. The zero-order valence-electron chi connectivity index (χ0n) is 10.2. The minimum Gasteiger partial charge on any atom is -0.314 e. The predicted octanol–water partition coefficient (Wildman–Crippen LogP) is 3.29. The first-order chi connectivity index (χ1) is 8.22. The molecule has 1 saturated carbocycles. The molecule has 1 unspecified atom stereocenters. The molecule has 0 spiro atoms. The second-order valence-corrected chi connectivity index (χ2v) is 4.77. The molecule has 1 aliphatic rings. The molecule has 1 nitrogen and oxygen atoms in total. The van der Waals surface area contributed by atoms with E-state index in [0.717, 1.165) is 6.54 Å². The normalized spacial score (nSPS) is 17.8. The molecule has 2 rings (SSSR count). The number of hydrogen-bond acceptors (Lipinski definition) is 1. The molecular weight excluding hydrogens is 220 g/mol.